The molecule has 0 saturated carbocycles. The zero-order valence-electron chi connectivity index (χ0n) is 18.9. The van der Waals surface area contributed by atoms with E-state index in [1.54, 1.807) is 18.2 Å². The number of amides is 1. The molecule has 1 saturated heterocycles. The van der Waals surface area contributed by atoms with Crippen LogP contribution in [0.5, 0.6) is 11.5 Å². The van der Waals surface area contributed by atoms with Crippen LogP contribution in [-0.4, -0.2) is 45.4 Å². The van der Waals surface area contributed by atoms with Crippen LogP contribution in [0.3, 0.4) is 0 Å². The van der Waals surface area contributed by atoms with Gasteiger partial charge < -0.3 is 14.8 Å². The number of halogens is 2. The monoisotopic (exact) mass is 494 g/mol. The first-order chi connectivity index (χ1) is 16.3. The van der Waals surface area contributed by atoms with Gasteiger partial charge in [0.05, 0.1) is 12.0 Å². The highest BCUT2D eigenvalue weighted by Gasteiger charge is 2.32. The smallest absolute Gasteiger partial charge is 0.387 e. The molecule has 2 aromatic rings. The third-order valence-corrected chi connectivity index (χ3v) is 8.34. The fraction of sp³-hybridized carbons (Fsp3) is 0.458. The Hall–Kier alpha value is -2.72. The van der Waals surface area contributed by atoms with Gasteiger partial charge in [0.2, 0.25) is 15.9 Å². The van der Waals surface area contributed by atoms with E-state index in [-0.39, 0.29) is 43.0 Å². The number of carbonyl (C=O) groups is 1. The van der Waals surface area contributed by atoms with Gasteiger partial charge in [-0.05, 0) is 73.1 Å². The van der Waals surface area contributed by atoms with Crippen LogP contribution in [0, 0.1) is 5.92 Å². The number of rotatable bonds is 8. The molecule has 0 aromatic heterocycles. The SMILES string of the molecule is COc1ccc(CNC(=O)C2CCN(S(=O)(=O)c3ccc4c(c3)CCC4)CC2)cc1OC(F)F. The van der Waals surface area contributed by atoms with Gasteiger partial charge >= 0.3 is 6.61 Å². The molecule has 2 aromatic carbocycles. The number of hydrogen-bond acceptors (Lipinski definition) is 5. The van der Waals surface area contributed by atoms with E-state index in [1.165, 1.54) is 29.1 Å². The van der Waals surface area contributed by atoms with Crippen molar-refractivity contribution in [3.05, 3.63) is 53.1 Å². The summed E-state index contributed by atoms with van der Waals surface area (Å²) in [6.45, 7) is -2.31. The Balaban J connectivity index is 1.32. The number of hydrogen-bond donors (Lipinski definition) is 1. The van der Waals surface area contributed by atoms with E-state index in [4.69, 9.17) is 4.74 Å². The predicted molar refractivity (Wildman–Crippen MR) is 121 cm³/mol. The van der Waals surface area contributed by atoms with Gasteiger partial charge in [0.15, 0.2) is 11.5 Å². The van der Waals surface area contributed by atoms with Gasteiger partial charge in [-0.1, -0.05) is 12.1 Å². The molecule has 10 heteroatoms. The highest BCUT2D eigenvalue weighted by Crippen LogP contribution is 2.30. The maximum Gasteiger partial charge on any atom is 0.387 e. The van der Waals surface area contributed by atoms with Crippen molar-refractivity contribution in [1.29, 1.82) is 0 Å². The van der Waals surface area contributed by atoms with Gasteiger partial charge in [0.25, 0.3) is 0 Å². The van der Waals surface area contributed by atoms with Crippen LogP contribution in [0.2, 0.25) is 0 Å². The lowest BCUT2D eigenvalue weighted by Crippen LogP contribution is -2.42. The molecule has 1 fully saturated rings. The summed E-state index contributed by atoms with van der Waals surface area (Å²) < 4.78 is 62.3. The summed E-state index contributed by atoms with van der Waals surface area (Å²) in [5.74, 6) is -0.440. The van der Waals surface area contributed by atoms with Gasteiger partial charge in [-0.2, -0.15) is 13.1 Å². The van der Waals surface area contributed by atoms with Crippen LogP contribution in [0.15, 0.2) is 41.3 Å². The Labute approximate surface area is 198 Å². The van der Waals surface area contributed by atoms with E-state index in [9.17, 15) is 22.0 Å². The highest BCUT2D eigenvalue weighted by atomic mass is 32.2. The minimum atomic E-state index is -3.59. The van der Waals surface area contributed by atoms with Crippen LogP contribution in [0.25, 0.3) is 0 Å². The zero-order chi connectivity index (χ0) is 24.3. The van der Waals surface area contributed by atoms with Crippen LogP contribution < -0.4 is 14.8 Å². The Bertz CT molecular complexity index is 1150. The van der Waals surface area contributed by atoms with Gasteiger partial charge in [0, 0.05) is 25.6 Å². The zero-order valence-corrected chi connectivity index (χ0v) is 19.7. The molecular formula is C24H28F2N2O5S. The molecule has 0 unspecified atom stereocenters. The lowest BCUT2D eigenvalue weighted by molar-refractivity contribution is -0.126. The fourth-order valence-corrected chi connectivity index (χ4v) is 6.09. The second-order valence-electron chi connectivity index (χ2n) is 8.54. The number of piperidine rings is 1. The number of aryl methyl sites for hydroxylation is 2. The van der Waals surface area contributed by atoms with Crippen molar-refractivity contribution in [2.45, 2.75) is 50.2 Å². The molecule has 0 radical (unpaired) electrons. The van der Waals surface area contributed by atoms with E-state index in [0.29, 0.717) is 23.3 Å². The standard InChI is InChI=1S/C24H28F2N2O5S/c1-32-21-8-5-16(13-22(21)33-24(25)26)15-27-23(29)18-9-11-28(12-10-18)34(30,31)20-7-6-17-3-2-4-19(17)14-20/h5-8,13-14,18,24H,2-4,9-12,15H2,1H3,(H,27,29). The molecule has 1 aliphatic heterocycles. The van der Waals surface area contributed by atoms with Gasteiger partial charge in [-0.25, -0.2) is 8.42 Å². The predicted octanol–water partition coefficient (Wildman–Crippen LogP) is 3.50. The van der Waals surface area contributed by atoms with Crippen molar-refractivity contribution in [3.8, 4) is 11.5 Å². The molecule has 0 bridgehead atoms. The molecule has 4 rings (SSSR count). The van der Waals surface area contributed by atoms with Gasteiger partial charge in [-0.3, -0.25) is 4.79 Å². The Morgan fingerprint density at radius 3 is 2.53 bits per heavy atom. The molecule has 1 amide bonds. The summed E-state index contributed by atoms with van der Waals surface area (Å²) in [4.78, 5) is 13.0. The molecule has 7 nitrogen and oxygen atoms in total. The first kappa shape index (κ1) is 24.4. The van der Waals surface area contributed by atoms with Crippen LogP contribution in [-0.2, 0) is 34.2 Å². The van der Waals surface area contributed by atoms with Crippen molar-refractivity contribution in [1.82, 2.24) is 9.62 Å². The van der Waals surface area contributed by atoms with E-state index in [2.05, 4.69) is 10.1 Å². The lowest BCUT2D eigenvalue weighted by atomic mass is 9.97. The molecule has 1 aliphatic carbocycles. The summed E-state index contributed by atoms with van der Waals surface area (Å²) in [6, 6.07) is 9.94. The molecule has 1 N–H and O–H groups in total. The quantitative estimate of drug-likeness (QED) is 0.607. The molecule has 1 heterocycles. The molecular weight excluding hydrogens is 466 g/mol. The lowest BCUT2D eigenvalue weighted by Gasteiger charge is -2.30. The van der Waals surface area contributed by atoms with Crippen molar-refractivity contribution in [3.63, 3.8) is 0 Å². The number of alkyl halides is 2. The molecule has 2 aliphatic rings. The number of fused-ring (bicyclic) bond motifs is 1. The van der Waals surface area contributed by atoms with Crippen molar-refractivity contribution in [2.75, 3.05) is 20.2 Å². The number of ether oxygens (including phenoxy) is 2. The molecule has 0 spiro atoms. The van der Waals surface area contributed by atoms with Crippen molar-refractivity contribution >= 4 is 15.9 Å². The first-order valence-corrected chi connectivity index (χ1v) is 12.7. The third kappa shape index (κ3) is 5.33. The molecule has 34 heavy (non-hydrogen) atoms. The number of sulfonamides is 1. The average Bonchev–Trinajstić information content (AvgIpc) is 3.30. The fourth-order valence-electron chi connectivity index (χ4n) is 4.57. The maximum absolute atomic E-state index is 13.1. The topological polar surface area (TPSA) is 84.9 Å². The number of nitrogens with zero attached hydrogens (tertiary/aromatic N) is 1. The Morgan fingerprint density at radius 2 is 1.82 bits per heavy atom. The van der Waals surface area contributed by atoms with E-state index in [0.717, 1.165) is 24.8 Å². The summed E-state index contributed by atoms with van der Waals surface area (Å²) >= 11 is 0. The normalized spacial score (nSPS) is 16.9. The van der Waals surface area contributed by atoms with Crippen LogP contribution in [0.1, 0.15) is 36.0 Å². The third-order valence-electron chi connectivity index (χ3n) is 6.44. The van der Waals surface area contributed by atoms with Crippen LogP contribution in [0.4, 0.5) is 8.78 Å². The van der Waals surface area contributed by atoms with E-state index < -0.39 is 16.6 Å². The second-order valence-corrected chi connectivity index (χ2v) is 10.5. The average molecular weight is 495 g/mol. The second kappa shape index (κ2) is 10.3. The number of carbonyl (C=O) groups excluding carboxylic acids is 1. The Morgan fingerprint density at radius 1 is 1.09 bits per heavy atom. The Kier molecular flexibility index (Phi) is 7.37. The van der Waals surface area contributed by atoms with Crippen molar-refractivity contribution in [2.24, 2.45) is 5.92 Å². The summed E-state index contributed by atoms with van der Waals surface area (Å²) in [6.07, 6.45) is 3.78. The van der Waals surface area contributed by atoms with Crippen molar-refractivity contribution < 1.29 is 31.5 Å². The molecule has 184 valence electrons. The summed E-state index contributed by atoms with van der Waals surface area (Å²) in [7, 11) is -2.24. The minimum absolute atomic E-state index is 0.102. The van der Waals surface area contributed by atoms with E-state index >= 15 is 0 Å². The summed E-state index contributed by atoms with van der Waals surface area (Å²) in [5, 5.41) is 2.81. The largest absolute Gasteiger partial charge is 0.493 e. The summed E-state index contributed by atoms with van der Waals surface area (Å²) in [5.41, 5.74) is 2.91. The molecule has 0 atom stereocenters. The first-order valence-electron chi connectivity index (χ1n) is 11.3. The maximum atomic E-state index is 13.1. The minimum Gasteiger partial charge on any atom is -0.493 e. The van der Waals surface area contributed by atoms with Gasteiger partial charge in [-0.15, -0.1) is 0 Å². The van der Waals surface area contributed by atoms with Gasteiger partial charge in [0.1, 0.15) is 0 Å². The highest BCUT2D eigenvalue weighted by molar-refractivity contribution is 7.89. The van der Waals surface area contributed by atoms with E-state index in [1.807, 2.05) is 6.07 Å². The number of benzene rings is 2. The number of methoxy groups -OCH3 is 1. The van der Waals surface area contributed by atoms with Crippen LogP contribution >= 0.6 is 0 Å². The number of nitrogens with one attached hydrogen (secondary N) is 1.